The van der Waals surface area contributed by atoms with Crippen LogP contribution in [0, 0.1) is 0 Å². The Bertz CT molecular complexity index is 1190. The van der Waals surface area contributed by atoms with E-state index in [1.54, 1.807) is 20.8 Å². The highest BCUT2D eigenvalue weighted by Gasteiger charge is 2.56. The molecule has 2 aromatic rings. The largest absolute Gasteiger partial charge is 0.480 e. The van der Waals surface area contributed by atoms with E-state index >= 15 is 0 Å². The number of amides is 2. The minimum absolute atomic E-state index is 0.00471. The highest BCUT2D eigenvalue weighted by Crippen LogP contribution is 2.44. The number of hydrogen-bond acceptors (Lipinski definition) is 7. The first kappa shape index (κ1) is 26.0. The van der Waals surface area contributed by atoms with Gasteiger partial charge in [0.25, 0.3) is 0 Å². The van der Waals surface area contributed by atoms with E-state index < -0.39 is 54.3 Å². The number of rotatable bonds is 5. The molecule has 196 valence electrons. The minimum atomic E-state index is -1.82. The van der Waals surface area contributed by atoms with Crippen LogP contribution < -0.4 is 5.32 Å². The second-order valence-corrected chi connectivity index (χ2v) is 10.2. The van der Waals surface area contributed by atoms with Gasteiger partial charge in [-0.15, -0.1) is 0 Å². The second-order valence-electron chi connectivity index (χ2n) is 10.2. The molecule has 0 radical (unpaired) electrons. The molecule has 10 heteroatoms. The van der Waals surface area contributed by atoms with Crippen molar-refractivity contribution in [2.75, 3.05) is 20.3 Å². The summed E-state index contributed by atoms with van der Waals surface area (Å²) in [6, 6.07) is 14.3. The van der Waals surface area contributed by atoms with Crippen molar-refractivity contribution in [2.24, 2.45) is 0 Å². The molecule has 1 fully saturated rings. The van der Waals surface area contributed by atoms with Gasteiger partial charge >= 0.3 is 24.1 Å². The summed E-state index contributed by atoms with van der Waals surface area (Å²) in [5, 5.41) is 12.2. The predicted octanol–water partition coefficient (Wildman–Crippen LogP) is 3.53. The number of carboxylic acid groups (broad SMARTS) is 1. The lowest BCUT2D eigenvalue weighted by Gasteiger charge is -2.29. The zero-order chi connectivity index (χ0) is 27.0. The third-order valence-corrected chi connectivity index (χ3v) is 6.53. The summed E-state index contributed by atoms with van der Waals surface area (Å²) in [5.74, 6) is -2.44. The maximum absolute atomic E-state index is 13.0. The number of methoxy groups -OCH3 is 1. The van der Waals surface area contributed by atoms with E-state index in [0.29, 0.717) is 0 Å². The number of likely N-dealkylation sites (tertiary alicyclic amines) is 1. The van der Waals surface area contributed by atoms with Gasteiger partial charge in [0, 0.05) is 12.3 Å². The standard InChI is InChI=1S/C27H30N2O8/c1-26(2,3)37-25(34)29-15-27(23(32)35-4,13-21(29)22(30)31)28-24(33)36-14-20-18-11-7-5-9-16(18)17-10-6-8-12-19(17)20/h5-12,20-21H,13-15H2,1-4H3,(H,28,33)(H,30,31)/t21-,27-/m0/s1. The van der Waals surface area contributed by atoms with Crippen LogP contribution in [0.5, 0.6) is 0 Å². The van der Waals surface area contributed by atoms with Crippen molar-refractivity contribution in [3.63, 3.8) is 0 Å². The minimum Gasteiger partial charge on any atom is -0.480 e. The van der Waals surface area contributed by atoms with E-state index in [0.717, 1.165) is 34.3 Å². The Hall–Kier alpha value is -4.08. The van der Waals surface area contributed by atoms with Crippen LogP contribution in [0.15, 0.2) is 48.5 Å². The monoisotopic (exact) mass is 510 g/mol. The molecule has 2 aliphatic rings. The van der Waals surface area contributed by atoms with Gasteiger partial charge in [0.2, 0.25) is 0 Å². The average molecular weight is 511 g/mol. The molecule has 1 heterocycles. The molecule has 1 aliphatic heterocycles. The van der Waals surface area contributed by atoms with Crippen molar-refractivity contribution < 1.29 is 38.5 Å². The van der Waals surface area contributed by atoms with Crippen molar-refractivity contribution in [3.05, 3.63) is 59.7 Å². The zero-order valence-corrected chi connectivity index (χ0v) is 21.1. The Kier molecular flexibility index (Phi) is 6.86. The Morgan fingerprint density at radius 1 is 1.03 bits per heavy atom. The van der Waals surface area contributed by atoms with Crippen LogP contribution in [0.1, 0.15) is 44.2 Å². The number of fused-ring (bicyclic) bond motifs is 3. The molecule has 0 aromatic heterocycles. The molecule has 4 rings (SSSR count). The summed E-state index contributed by atoms with van der Waals surface area (Å²) in [6.45, 7) is 4.46. The van der Waals surface area contributed by atoms with E-state index in [4.69, 9.17) is 14.2 Å². The van der Waals surface area contributed by atoms with Gasteiger partial charge in [0.05, 0.1) is 13.7 Å². The summed E-state index contributed by atoms with van der Waals surface area (Å²) in [7, 11) is 1.12. The number of esters is 1. The Balaban J connectivity index is 1.53. The van der Waals surface area contributed by atoms with Crippen molar-refractivity contribution in [3.8, 4) is 11.1 Å². The van der Waals surface area contributed by atoms with Gasteiger partial charge < -0.3 is 24.6 Å². The highest BCUT2D eigenvalue weighted by atomic mass is 16.6. The van der Waals surface area contributed by atoms with Gasteiger partial charge in [-0.1, -0.05) is 48.5 Å². The Labute approximate surface area is 214 Å². The Morgan fingerprint density at radius 2 is 1.59 bits per heavy atom. The number of nitrogens with one attached hydrogen (secondary N) is 1. The van der Waals surface area contributed by atoms with E-state index in [1.165, 1.54) is 0 Å². The molecular weight excluding hydrogens is 480 g/mol. The zero-order valence-electron chi connectivity index (χ0n) is 21.1. The van der Waals surface area contributed by atoms with Gasteiger partial charge in [0.15, 0.2) is 5.54 Å². The lowest BCUT2D eigenvalue weighted by atomic mass is 9.96. The Morgan fingerprint density at radius 3 is 2.11 bits per heavy atom. The van der Waals surface area contributed by atoms with Crippen LogP contribution in [0.25, 0.3) is 11.1 Å². The summed E-state index contributed by atoms with van der Waals surface area (Å²) in [6.07, 6.45) is -2.25. The smallest absolute Gasteiger partial charge is 0.411 e. The molecule has 2 amide bonds. The van der Waals surface area contributed by atoms with Crippen molar-refractivity contribution >= 4 is 24.1 Å². The molecule has 1 aliphatic carbocycles. The quantitative estimate of drug-likeness (QED) is 0.461. The van der Waals surface area contributed by atoms with Crippen LogP contribution in [0.2, 0.25) is 0 Å². The third-order valence-electron chi connectivity index (χ3n) is 6.53. The fourth-order valence-electron chi connectivity index (χ4n) is 4.95. The van der Waals surface area contributed by atoms with Gasteiger partial charge in [-0.25, -0.2) is 19.2 Å². The lowest BCUT2D eigenvalue weighted by molar-refractivity contribution is -0.147. The van der Waals surface area contributed by atoms with E-state index in [-0.39, 0.29) is 12.5 Å². The molecular formula is C27H30N2O8. The fraction of sp³-hybridized carbons (Fsp3) is 0.407. The number of aliphatic carboxylic acids is 1. The molecule has 0 saturated carbocycles. The van der Waals surface area contributed by atoms with Gasteiger partial charge in [0.1, 0.15) is 18.2 Å². The number of carboxylic acids is 1. The van der Waals surface area contributed by atoms with Gasteiger partial charge in [-0.3, -0.25) is 4.90 Å². The summed E-state index contributed by atoms with van der Waals surface area (Å²) >= 11 is 0. The first-order valence-corrected chi connectivity index (χ1v) is 11.9. The van der Waals surface area contributed by atoms with Crippen LogP contribution >= 0.6 is 0 Å². The summed E-state index contributed by atoms with van der Waals surface area (Å²) in [5.41, 5.74) is 1.44. The van der Waals surface area contributed by atoms with E-state index in [9.17, 15) is 24.3 Å². The molecule has 2 atom stereocenters. The predicted molar refractivity (Wildman–Crippen MR) is 132 cm³/mol. The van der Waals surface area contributed by atoms with Crippen molar-refractivity contribution in [1.82, 2.24) is 10.2 Å². The topological polar surface area (TPSA) is 131 Å². The normalized spacial score (nSPS) is 20.5. The molecule has 2 N–H and O–H groups in total. The van der Waals surface area contributed by atoms with E-state index in [1.807, 2.05) is 48.5 Å². The first-order chi connectivity index (χ1) is 17.5. The lowest BCUT2D eigenvalue weighted by Crippen LogP contribution is -2.57. The van der Waals surface area contributed by atoms with Crippen LogP contribution in [0.4, 0.5) is 9.59 Å². The van der Waals surface area contributed by atoms with E-state index in [2.05, 4.69) is 5.32 Å². The maximum Gasteiger partial charge on any atom is 0.411 e. The molecule has 1 saturated heterocycles. The third kappa shape index (κ3) is 5.09. The van der Waals surface area contributed by atoms with Gasteiger partial charge in [-0.2, -0.15) is 0 Å². The SMILES string of the molecule is COC(=O)[C@]1(NC(=O)OCC2c3ccccc3-c3ccccc32)C[C@@H](C(=O)O)N(C(=O)OC(C)(C)C)C1. The van der Waals surface area contributed by atoms with Gasteiger partial charge in [-0.05, 0) is 43.0 Å². The number of carbonyl (C=O) groups excluding carboxylic acids is 3. The van der Waals surface area contributed by atoms with Crippen LogP contribution in [-0.4, -0.2) is 71.6 Å². The molecule has 10 nitrogen and oxygen atoms in total. The number of alkyl carbamates (subject to hydrolysis) is 1. The number of carbonyl (C=O) groups is 4. The van der Waals surface area contributed by atoms with Crippen LogP contribution in [-0.2, 0) is 23.8 Å². The number of nitrogens with zero attached hydrogens (tertiary/aromatic N) is 1. The fourth-order valence-corrected chi connectivity index (χ4v) is 4.95. The molecule has 0 bridgehead atoms. The molecule has 0 spiro atoms. The van der Waals surface area contributed by atoms with Crippen molar-refractivity contribution in [2.45, 2.75) is 50.3 Å². The molecule has 0 unspecified atom stereocenters. The molecule has 2 aromatic carbocycles. The summed E-state index contributed by atoms with van der Waals surface area (Å²) < 4.78 is 15.8. The highest BCUT2D eigenvalue weighted by molar-refractivity contribution is 5.91. The van der Waals surface area contributed by atoms with Crippen molar-refractivity contribution in [1.29, 1.82) is 0 Å². The average Bonchev–Trinajstić information content (AvgIpc) is 3.39. The van der Waals surface area contributed by atoms with Crippen LogP contribution in [0.3, 0.4) is 0 Å². The number of benzene rings is 2. The number of ether oxygens (including phenoxy) is 3. The number of hydrogen-bond donors (Lipinski definition) is 2. The summed E-state index contributed by atoms with van der Waals surface area (Å²) in [4.78, 5) is 51.4. The first-order valence-electron chi connectivity index (χ1n) is 11.9. The second kappa shape index (κ2) is 9.76. The molecule has 37 heavy (non-hydrogen) atoms. The maximum atomic E-state index is 13.0.